The molecule has 1 aromatic heterocycles. The van der Waals surface area contributed by atoms with E-state index >= 15 is 0 Å². The maximum absolute atomic E-state index is 8.88. The topological polar surface area (TPSA) is 20.2 Å². The largest absolute Gasteiger partial charge is 0.388 e. The Hall–Kier alpha value is -0.0500. The van der Waals surface area contributed by atoms with Crippen molar-refractivity contribution in [1.29, 1.82) is 0 Å². The van der Waals surface area contributed by atoms with Crippen LogP contribution < -0.4 is 0 Å². The van der Waals surface area contributed by atoms with E-state index in [2.05, 4.69) is 6.92 Å². The Morgan fingerprint density at radius 2 is 2.33 bits per heavy atom. The van der Waals surface area contributed by atoms with Crippen molar-refractivity contribution in [2.24, 2.45) is 0 Å². The Morgan fingerprint density at radius 1 is 1.67 bits per heavy atom. The summed E-state index contributed by atoms with van der Waals surface area (Å²) >= 11 is 6.93. The molecule has 3 heteroatoms. The molecule has 0 saturated carbocycles. The zero-order chi connectivity index (χ0) is 6.85. The number of rotatable bonds is 1. The Balaban J connectivity index is 2.85. The molecule has 0 amide bonds. The van der Waals surface area contributed by atoms with Gasteiger partial charge < -0.3 is 5.11 Å². The molecule has 0 bridgehead atoms. The van der Waals surface area contributed by atoms with Crippen molar-refractivity contribution in [3.05, 3.63) is 28.3 Å². The number of thiophene rings is 1. The maximum atomic E-state index is 8.88. The van der Waals surface area contributed by atoms with Gasteiger partial charge in [0.25, 0.3) is 0 Å². The number of hydrogen-bond acceptors (Lipinski definition) is 2. The molecule has 1 unspecified atom stereocenters. The van der Waals surface area contributed by atoms with Crippen LogP contribution in [0.2, 0.25) is 4.34 Å². The number of halogens is 1. The fourth-order valence-corrected chi connectivity index (χ4v) is 1.47. The molecule has 1 aromatic rings. The fourth-order valence-electron chi connectivity index (χ4n) is 0.507. The molecule has 1 radical (unpaired) electrons. The Kier molecular flexibility index (Phi) is 2.11. The van der Waals surface area contributed by atoms with E-state index in [1.54, 1.807) is 12.1 Å². The predicted octanol–water partition coefficient (Wildman–Crippen LogP) is 2.27. The molecule has 0 aliphatic carbocycles. The summed E-state index contributed by atoms with van der Waals surface area (Å²) in [7, 11) is 0. The maximum Gasteiger partial charge on any atom is 0.0932 e. The first-order valence-corrected chi connectivity index (χ1v) is 3.66. The smallest absolute Gasteiger partial charge is 0.0932 e. The highest BCUT2D eigenvalue weighted by molar-refractivity contribution is 7.16. The second-order valence-electron chi connectivity index (χ2n) is 1.66. The van der Waals surface area contributed by atoms with Crippen molar-refractivity contribution in [3.63, 3.8) is 0 Å². The summed E-state index contributed by atoms with van der Waals surface area (Å²) in [5, 5.41) is 8.88. The van der Waals surface area contributed by atoms with Gasteiger partial charge in [-0.3, -0.25) is 0 Å². The van der Waals surface area contributed by atoms with E-state index in [4.69, 9.17) is 16.7 Å². The first-order chi connectivity index (χ1) is 4.20. The van der Waals surface area contributed by atoms with Crippen molar-refractivity contribution >= 4 is 22.9 Å². The molecule has 0 aromatic carbocycles. The molecule has 0 saturated heterocycles. The summed E-state index contributed by atoms with van der Waals surface area (Å²) < 4.78 is 0.688. The second-order valence-corrected chi connectivity index (χ2v) is 3.40. The van der Waals surface area contributed by atoms with Gasteiger partial charge in [0.05, 0.1) is 10.4 Å². The van der Waals surface area contributed by atoms with E-state index in [1.807, 2.05) is 0 Å². The van der Waals surface area contributed by atoms with Gasteiger partial charge >= 0.3 is 0 Å². The zero-order valence-electron chi connectivity index (χ0n) is 4.67. The molecule has 0 aliphatic rings. The van der Waals surface area contributed by atoms with Gasteiger partial charge in [0.2, 0.25) is 0 Å². The SMILES string of the molecule is [CH2]C(O)c1ccc(Cl)s1. The van der Waals surface area contributed by atoms with Crippen molar-refractivity contribution in [2.75, 3.05) is 0 Å². The third-order valence-electron chi connectivity index (χ3n) is 0.922. The van der Waals surface area contributed by atoms with E-state index in [9.17, 15) is 0 Å². The van der Waals surface area contributed by atoms with E-state index < -0.39 is 6.10 Å². The molecular weight excluding hydrogens is 156 g/mol. The predicted molar refractivity (Wildman–Crippen MR) is 39.6 cm³/mol. The van der Waals surface area contributed by atoms with E-state index in [0.29, 0.717) is 4.34 Å². The minimum atomic E-state index is -0.637. The molecule has 1 atom stereocenters. The van der Waals surface area contributed by atoms with E-state index in [-0.39, 0.29) is 0 Å². The molecule has 49 valence electrons. The van der Waals surface area contributed by atoms with Crippen molar-refractivity contribution < 1.29 is 5.11 Å². The number of aliphatic hydroxyl groups excluding tert-OH is 1. The fraction of sp³-hybridized carbons (Fsp3) is 0.167. The lowest BCUT2D eigenvalue weighted by molar-refractivity contribution is 0.230. The molecule has 0 fully saturated rings. The Bertz CT molecular complexity index is 195. The minimum absolute atomic E-state index is 0.637. The summed E-state index contributed by atoms with van der Waals surface area (Å²) in [6.07, 6.45) is -0.637. The second kappa shape index (κ2) is 2.69. The highest BCUT2D eigenvalue weighted by atomic mass is 35.5. The molecule has 1 rings (SSSR count). The highest BCUT2D eigenvalue weighted by Crippen LogP contribution is 2.25. The summed E-state index contributed by atoms with van der Waals surface area (Å²) in [6, 6.07) is 3.51. The standard InChI is InChI=1S/C6H6ClOS/c1-4(8)5-2-3-6(7)9-5/h2-4,8H,1H2. The molecule has 0 spiro atoms. The van der Waals surface area contributed by atoms with Crippen LogP contribution in [0, 0.1) is 6.92 Å². The van der Waals surface area contributed by atoms with Crippen LogP contribution in [-0.2, 0) is 0 Å². The highest BCUT2D eigenvalue weighted by Gasteiger charge is 2.02. The van der Waals surface area contributed by atoms with Crippen LogP contribution in [0.25, 0.3) is 0 Å². The lowest BCUT2D eigenvalue weighted by Gasteiger charge is -1.95. The van der Waals surface area contributed by atoms with Gasteiger partial charge in [-0.05, 0) is 19.1 Å². The van der Waals surface area contributed by atoms with Crippen LogP contribution in [-0.4, -0.2) is 5.11 Å². The molecule has 9 heavy (non-hydrogen) atoms. The van der Waals surface area contributed by atoms with Gasteiger partial charge in [-0.15, -0.1) is 11.3 Å². The minimum Gasteiger partial charge on any atom is -0.388 e. The first-order valence-electron chi connectivity index (χ1n) is 2.46. The normalized spacial score (nSPS) is 13.7. The van der Waals surface area contributed by atoms with Crippen LogP contribution >= 0.6 is 22.9 Å². The number of aliphatic hydroxyl groups is 1. The Labute approximate surface area is 62.9 Å². The van der Waals surface area contributed by atoms with Gasteiger partial charge in [-0.25, -0.2) is 0 Å². The quantitative estimate of drug-likeness (QED) is 0.670. The average Bonchev–Trinajstić information content (AvgIpc) is 2.14. The summed E-state index contributed by atoms with van der Waals surface area (Å²) in [5.74, 6) is 0. The zero-order valence-corrected chi connectivity index (χ0v) is 6.25. The van der Waals surface area contributed by atoms with Crippen LogP contribution in [0.5, 0.6) is 0 Å². The van der Waals surface area contributed by atoms with Gasteiger partial charge in [0.15, 0.2) is 0 Å². The van der Waals surface area contributed by atoms with E-state index in [0.717, 1.165) is 4.88 Å². The summed E-state index contributed by atoms with van der Waals surface area (Å²) in [5.41, 5.74) is 0. The van der Waals surface area contributed by atoms with Crippen LogP contribution in [0.1, 0.15) is 11.0 Å². The third kappa shape index (κ3) is 1.68. The van der Waals surface area contributed by atoms with Gasteiger partial charge in [-0.1, -0.05) is 11.6 Å². The Morgan fingerprint density at radius 3 is 2.56 bits per heavy atom. The van der Waals surface area contributed by atoms with Crippen molar-refractivity contribution in [1.82, 2.24) is 0 Å². The average molecular weight is 162 g/mol. The lowest BCUT2D eigenvalue weighted by atomic mass is 10.3. The monoisotopic (exact) mass is 161 g/mol. The van der Waals surface area contributed by atoms with Crippen LogP contribution in [0.4, 0.5) is 0 Å². The van der Waals surface area contributed by atoms with Crippen LogP contribution in [0.15, 0.2) is 12.1 Å². The molecule has 0 aliphatic heterocycles. The van der Waals surface area contributed by atoms with Crippen molar-refractivity contribution in [2.45, 2.75) is 6.10 Å². The number of hydrogen-bond donors (Lipinski definition) is 1. The van der Waals surface area contributed by atoms with Gasteiger partial charge in [0.1, 0.15) is 0 Å². The molecule has 1 heterocycles. The van der Waals surface area contributed by atoms with Crippen LogP contribution in [0.3, 0.4) is 0 Å². The summed E-state index contributed by atoms with van der Waals surface area (Å²) in [6.45, 7) is 3.43. The van der Waals surface area contributed by atoms with Gasteiger partial charge in [-0.2, -0.15) is 0 Å². The van der Waals surface area contributed by atoms with Gasteiger partial charge in [0, 0.05) is 4.88 Å². The molecule has 1 nitrogen and oxygen atoms in total. The molecule has 1 N–H and O–H groups in total. The lowest BCUT2D eigenvalue weighted by Crippen LogP contribution is -1.83. The third-order valence-corrected chi connectivity index (χ3v) is 2.25. The molecular formula is C6H6ClOS. The first kappa shape index (κ1) is 7.06. The van der Waals surface area contributed by atoms with Crippen molar-refractivity contribution in [3.8, 4) is 0 Å². The van der Waals surface area contributed by atoms with E-state index in [1.165, 1.54) is 11.3 Å². The summed E-state index contributed by atoms with van der Waals surface area (Å²) in [4.78, 5) is 0.806.